The van der Waals surface area contributed by atoms with E-state index in [0.717, 1.165) is 76.4 Å². The van der Waals surface area contributed by atoms with Gasteiger partial charge in [-0.1, -0.05) is 128 Å². The van der Waals surface area contributed by atoms with Crippen molar-refractivity contribution in [3.8, 4) is 10.4 Å². The summed E-state index contributed by atoms with van der Waals surface area (Å²) < 4.78 is 47.3. The first-order valence-electron chi connectivity index (χ1n) is 31.5. The number of thiophene rings is 1. The van der Waals surface area contributed by atoms with Gasteiger partial charge in [0.15, 0.2) is 0 Å². The molecule has 3 aliphatic heterocycles. The number of rotatable bonds is 24. The number of aryl methyl sites for hydroxylation is 1. The normalized spacial score (nSPS) is 19.2. The molecule has 3 aromatic carbocycles. The number of fused-ring (bicyclic) bond motifs is 1. The molecule has 27 heteroatoms. The highest BCUT2D eigenvalue weighted by molar-refractivity contribution is 7.52. The third kappa shape index (κ3) is 18.0. The zero-order chi connectivity index (χ0) is 67.7. The summed E-state index contributed by atoms with van der Waals surface area (Å²) in [5.41, 5.74) is -1.62. The number of nitrogens with one attached hydrogen (secondary N) is 4. The maximum absolute atomic E-state index is 14.9. The monoisotopic (exact) mass is 1350 g/mol. The van der Waals surface area contributed by atoms with Crippen LogP contribution in [0.5, 0.6) is 0 Å². The molecule has 0 bridgehead atoms. The summed E-state index contributed by atoms with van der Waals surface area (Å²) in [7, 11) is -5.88. The van der Waals surface area contributed by atoms with Crippen molar-refractivity contribution in [3.05, 3.63) is 112 Å². The lowest BCUT2D eigenvalue weighted by atomic mass is 9.85. The fourth-order valence-electron chi connectivity index (χ4n) is 11.8. The van der Waals surface area contributed by atoms with Crippen LogP contribution in [0.1, 0.15) is 150 Å². The number of nitrogens with zero attached hydrogens (tertiary/aromatic N) is 5. The molecule has 5 heterocycles. The topological polar surface area (TPSA) is 298 Å². The van der Waals surface area contributed by atoms with Gasteiger partial charge in [0.25, 0.3) is 5.91 Å². The van der Waals surface area contributed by atoms with E-state index in [0.29, 0.717) is 24.1 Å². The minimum Gasteiger partial charge on any atom is -0.391 e. The Hall–Kier alpha value is -7.06. The SMILES string of the molecule is Cc1ncsc1-c1ccc([C@H](C)NC(=O)[C@@H]2C[C@@H](O)CN2C(=O)C(NC(=O)CCCCCCCCNC(=O)CC(=O)N2CCN(C(=O)C(NC(=O)c3cc4cc(C(F)(F)P(=O)(O)O)ccc4s3)C(C)(C)C)C(C(=O)N3CCOC(c4ccccc4)C3)C2)C(C)(C)C)cc1. The average Bonchev–Trinajstić information content (AvgIpc) is 1.78. The van der Waals surface area contributed by atoms with Crippen molar-refractivity contribution in [3.63, 3.8) is 0 Å². The highest BCUT2D eigenvalue weighted by Gasteiger charge is 2.51. The number of benzene rings is 3. The lowest BCUT2D eigenvalue weighted by Crippen LogP contribution is -2.66. The Labute approximate surface area is 548 Å². The zero-order valence-electron chi connectivity index (χ0n) is 53.8. The number of piperazine rings is 1. The Bertz CT molecular complexity index is 3560. The van der Waals surface area contributed by atoms with Gasteiger partial charge >= 0.3 is 13.3 Å². The van der Waals surface area contributed by atoms with E-state index in [1.165, 1.54) is 26.8 Å². The number of aliphatic hydroxyl groups is 1. The lowest BCUT2D eigenvalue weighted by Gasteiger charge is -2.45. The molecule has 504 valence electrons. The Morgan fingerprint density at radius 1 is 0.742 bits per heavy atom. The lowest BCUT2D eigenvalue weighted by molar-refractivity contribution is -0.158. The highest BCUT2D eigenvalue weighted by atomic mass is 32.1. The maximum atomic E-state index is 14.9. The molecule has 3 aliphatic rings. The van der Waals surface area contributed by atoms with Crippen LogP contribution in [0.2, 0.25) is 0 Å². The van der Waals surface area contributed by atoms with Gasteiger partial charge in [-0.2, -0.15) is 8.78 Å². The van der Waals surface area contributed by atoms with Gasteiger partial charge in [-0.25, -0.2) is 4.98 Å². The first-order valence-corrected chi connectivity index (χ1v) is 34.8. The number of likely N-dealkylation sites (tertiary alicyclic amines) is 1. The van der Waals surface area contributed by atoms with E-state index in [9.17, 15) is 66.6 Å². The number of hydrogen-bond donors (Lipinski definition) is 7. The molecular weight excluding hydrogens is 1260 g/mol. The van der Waals surface area contributed by atoms with E-state index >= 15 is 0 Å². The molecular formula is C66H86F2N9O13PS2. The smallest absolute Gasteiger partial charge is 0.391 e. The molecule has 93 heavy (non-hydrogen) atoms. The third-order valence-corrected chi connectivity index (χ3v) is 20.3. The molecule has 22 nitrogen and oxygen atoms in total. The summed E-state index contributed by atoms with van der Waals surface area (Å²) in [4.78, 5) is 142. The number of alkyl halides is 2. The number of carbonyl (C=O) groups is 8. The number of unbranched alkanes of at least 4 members (excludes halogenated alkanes) is 5. The molecule has 5 aromatic rings. The molecule has 0 spiro atoms. The van der Waals surface area contributed by atoms with Gasteiger partial charge < -0.3 is 60.5 Å². The van der Waals surface area contributed by atoms with Crippen molar-refractivity contribution in [2.45, 2.75) is 161 Å². The van der Waals surface area contributed by atoms with Crippen molar-refractivity contribution in [2.24, 2.45) is 10.8 Å². The number of thiazole rings is 1. The van der Waals surface area contributed by atoms with E-state index < -0.39 is 114 Å². The Kier molecular flexibility index (Phi) is 23.6. The fourth-order valence-corrected chi connectivity index (χ4v) is 14.1. The van der Waals surface area contributed by atoms with Crippen LogP contribution >= 0.6 is 30.3 Å². The maximum Gasteiger partial charge on any atom is 0.399 e. The summed E-state index contributed by atoms with van der Waals surface area (Å²) in [6.45, 7) is 14.9. The summed E-state index contributed by atoms with van der Waals surface area (Å²) in [6, 6.07) is 16.7. The molecule has 2 aromatic heterocycles. The molecule has 3 fully saturated rings. The predicted octanol–water partition coefficient (Wildman–Crippen LogP) is 7.95. The number of carbonyl (C=O) groups excluding carboxylic acids is 8. The van der Waals surface area contributed by atoms with E-state index in [1.807, 2.05) is 89.2 Å². The number of aliphatic hydroxyl groups excluding tert-OH is 1. The van der Waals surface area contributed by atoms with Crippen LogP contribution < -0.4 is 21.3 Å². The van der Waals surface area contributed by atoms with Crippen LogP contribution in [0.25, 0.3) is 20.5 Å². The van der Waals surface area contributed by atoms with Gasteiger partial charge in [-0.3, -0.25) is 42.9 Å². The van der Waals surface area contributed by atoms with Crippen molar-refractivity contribution in [1.29, 1.82) is 0 Å². The van der Waals surface area contributed by atoms with Gasteiger partial charge in [-0.15, -0.1) is 22.7 Å². The number of β-amino-alcohol motifs (C(OH)–C–C–N with tert-alkyl or cyclic N) is 1. The van der Waals surface area contributed by atoms with Crippen LogP contribution in [-0.4, -0.2) is 169 Å². The number of morpholine rings is 1. The molecule has 3 saturated heterocycles. The molecule has 8 rings (SSSR count). The Morgan fingerprint density at radius 2 is 1.40 bits per heavy atom. The molecule has 0 radical (unpaired) electrons. The molecule has 0 aliphatic carbocycles. The second-order valence-electron chi connectivity index (χ2n) is 26.4. The largest absolute Gasteiger partial charge is 0.399 e. The molecule has 8 amide bonds. The van der Waals surface area contributed by atoms with Crippen molar-refractivity contribution < 1.29 is 71.3 Å². The van der Waals surface area contributed by atoms with E-state index in [-0.39, 0.29) is 80.9 Å². The Morgan fingerprint density at radius 3 is 2.05 bits per heavy atom. The van der Waals surface area contributed by atoms with Gasteiger partial charge in [0, 0.05) is 55.8 Å². The van der Waals surface area contributed by atoms with Crippen molar-refractivity contribution in [1.82, 2.24) is 45.9 Å². The second kappa shape index (κ2) is 30.6. The quantitative estimate of drug-likeness (QED) is 0.0175. The first-order chi connectivity index (χ1) is 43.8. The zero-order valence-corrected chi connectivity index (χ0v) is 56.4. The minimum atomic E-state index is -5.88. The van der Waals surface area contributed by atoms with E-state index in [2.05, 4.69) is 26.3 Å². The van der Waals surface area contributed by atoms with Crippen molar-refractivity contribution >= 4 is 87.6 Å². The van der Waals surface area contributed by atoms with Crippen LogP contribution in [-0.2, 0) is 48.5 Å². The van der Waals surface area contributed by atoms with Crippen LogP contribution in [0, 0.1) is 17.8 Å². The number of hydrogen-bond acceptors (Lipinski definition) is 14. The van der Waals surface area contributed by atoms with Crippen LogP contribution in [0.15, 0.2) is 84.4 Å². The standard InChI is InChI=1S/C66H86F2N9O13PS2/c1-40(42-21-23-44(24-22-42)56-41(2)70-39-92-56)71-59(82)48-34-47(78)36-77(48)63(86)57(64(3,4)5)72-53(79)20-16-11-9-10-12-17-27-69-54(80)35-55(81)74-28-29-76(49(37-74)61(84)75-30-31-90-50(38-75)43-18-14-13-15-19-43)62(85)58(65(6,7)8)73-60(83)52-33-45-32-46(25-26-51(45)93-52)66(67,68)91(87,88)89/h13-15,18-19,21-26,32-33,39-40,47-50,57-58,78H,9-12,16-17,20,27-31,34-38H2,1-8H3,(H,69,80)(H,71,82)(H,72,79)(H,73,83)(H2,87,88,89)/t40-,47+,48-,49?,50?,57?,58?/m0/s1. The van der Waals surface area contributed by atoms with Crippen molar-refractivity contribution in [2.75, 3.05) is 52.4 Å². The van der Waals surface area contributed by atoms with E-state index in [1.54, 1.807) is 42.5 Å². The van der Waals surface area contributed by atoms with Crippen LogP contribution in [0.4, 0.5) is 8.78 Å². The number of ether oxygens (including phenoxy) is 1. The summed E-state index contributed by atoms with van der Waals surface area (Å²) >= 11 is 2.48. The average molecular weight is 1350 g/mol. The van der Waals surface area contributed by atoms with E-state index in [4.69, 9.17) is 4.74 Å². The first kappa shape index (κ1) is 71.8. The van der Waals surface area contributed by atoms with Gasteiger partial charge in [0.05, 0.1) is 52.8 Å². The van der Waals surface area contributed by atoms with Crippen LogP contribution in [0.3, 0.4) is 0 Å². The predicted molar refractivity (Wildman–Crippen MR) is 349 cm³/mol. The molecule has 7 N–H and O–H groups in total. The number of aromatic nitrogens is 1. The molecule has 7 atom stereocenters. The summed E-state index contributed by atoms with van der Waals surface area (Å²) in [6.07, 6.45) is 2.62. The van der Waals surface area contributed by atoms with Gasteiger partial charge in [0.1, 0.15) is 36.7 Å². The highest BCUT2D eigenvalue weighted by Crippen LogP contribution is 2.59. The second-order valence-corrected chi connectivity index (χ2v) is 30.0. The summed E-state index contributed by atoms with van der Waals surface area (Å²) in [5, 5.41) is 22.4. The van der Waals surface area contributed by atoms with Gasteiger partial charge in [0.2, 0.25) is 41.4 Å². The number of halogens is 2. The number of amides is 8. The Balaban J connectivity index is 0.795. The van der Waals surface area contributed by atoms with Gasteiger partial charge in [-0.05, 0) is 77.8 Å². The summed E-state index contributed by atoms with van der Waals surface area (Å²) in [5.74, 6) is -4.02. The molecule has 0 saturated carbocycles. The molecule has 4 unspecified atom stereocenters. The minimum absolute atomic E-state index is 0.0241. The third-order valence-electron chi connectivity index (χ3n) is 17.2. The fraction of sp³-hybridized carbons (Fsp3) is 0.530.